The van der Waals surface area contributed by atoms with Gasteiger partial charge in [0.25, 0.3) is 0 Å². The summed E-state index contributed by atoms with van der Waals surface area (Å²) in [5, 5.41) is 9.73. The first-order valence-electron chi connectivity index (χ1n) is 5.77. The first-order valence-corrected chi connectivity index (χ1v) is 5.77. The third kappa shape index (κ3) is 2.42. The van der Waals surface area contributed by atoms with Gasteiger partial charge in [-0.1, -0.05) is 19.9 Å². The number of pyridine rings is 1. The molecule has 0 aliphatic heterocycles. The van der Waals surface area contributed by atoms with E-state index >= 15 is 0 Å². The summed E-state index contributed by atoms with van der Waals surface area (Å²) < 4.78 is 2.01. The van der Waals surface area contributed by atoms with E-state index in [1.165, 1.54) is 0 Å². The Morgan fingerprint density at radius 1 is 1.38 bits per heavy atom. The zero-order valence-corrected chi connectivity index (χ0v) is 9.80. The van der Waals surface area contributed by atoms with E-state index in [1.54, 1.807) is 0 Å². The molecule has 0 aliphatic carbocycles. The largest absolute Gasteiger partial charge is 0.393 e. The third-order valence-corrected chi connectivity index (χ3v) is 2.88. The predicted molar refractivity (Wildman–Crippen MR) is 64.4 cm³/mol. The highest BCUT2D eigenvalue weighted by Crippen LogP contribution is 2.11. The number of nitrogens with zero attached hydrogens (tertiary/aromatic N) is 2. The van der Waals surface area contributed by atoms with Gasteiger partial charge in [0, 0.05) is 12.4 Å². The maximum Gasteiger partial charge on any atom is 0.136 e. The number of rotatable bonds is 4. The summed E-state index contributed by atoms with van der Waals surface area (Å²) in [4.78, 5) is 4.50. The molecule has 16 heavy (non-hydrogen) atoms. The number of fused-ring (bicyclic) bond motifs is 1. The van der Waals surface area contributed by atoms with Crippen LogP contribution in [0.3, 0.4) is 0 Å². The van der Waals surface area contributed by atoms with Gasteiger partial charge >= 0.3 is 0 Å². The molecule has 2 rings (SSSR count). The quantitative estimate of drug-likeness (QED) is 0.855. The normalized spacial score (nSPS) is 13.5. The average molecular weight is 218 g/mol. The minimum absolute atomic E-state index is 0.232. The average Bonchev–Trinajstić information content (AvgIpc) is 2.68. The zero-order chi connectivity index (χ0) is 11.5. The van der Waals surface area contributed by atoms with Crippen LogP contribution in [0.1, 0.15) is 26.0 Å². The lowest BCUT2D eigenvalue weighted by atomic mass is 10.0. The molecule has 2 aromatic heterocycles. The summed E-state index contributed by atoms with van der Waals surface area (Å²) in [6, 6.07) is 5.96. The van der Waals surface area contributed by atoms with Crippen LogP contribution >= 0.6 is 0 Å². The van der Waals surface area contributed by atoms with Gasteiger partial charge in [-0.15, -0.1) is 0 Å². The third-order valence-electron chi connectivity index (χ3n) is 2.88. The van der Waals surface area contributed by atoms with Crippen molar-refractivity contribution in [2.75, 3.05) is 0 Å². The maximum atomic E-state index is 9.73. The number of aromatic nitrogens is 2. The Labute approximate surface area is 95.8 Å². The molecule has 0 saturated heterocycles. The van der Waals surface area contributed by atoms with Crippen LogP contribution in [0.4, 0.5) is 0 Å². The van der Waals surface area contributed by atoms with Gasteiger partial charge in [-0.3, -0.25) is 0 Å². The highest BCUT2D eigenvalue weighted by Gasteiger charge is 2.10. The second-order valence-electron chi connectivity index (χ2n) is 4.55. The van der Waals surface area contributed by atoms with Crippen LogP contribution in [0.2, 0.25) is 0 Å². The number of imidazole rings is 1. The van der Waals surface area contributed by atoms with Gasteiger partial charge in [-0.2, -0.15) is 0 Å². The Morgan fingerprint density at radius 3 is 2.88 bits per heavy atom. The van der Waals surface area contributed by atoms with Crippen LogP contribution in [0.5, 0.6) is 0 Å². The van der Waals surface area contributed by atoms with Crippen LogP contribution in [0, 0.1) is 5.92 Å². The molecule has 0 spiro atoms. The molecule has 0 aliphatic rings. The van der Waals surface area contributed by atoms with E-state index in [-0.39, 0.29) is 6.10 Å². The van der Waals surface area contributed by atoms with Crippen molar-refractivity contribution in [2.45, 2.75) is 32.8 Å². The number of aliphatic hydroxyl groups excluding tert-OH is 1. The predicted octanol–water partition coefficient (Wildman–Crippen LogP) is 2.28. The van der Waals surface area contributed by atoms with Crippen molar-refractivity contribution >= 4 is 5.65 Å². The molecule has 2 aromatic rings. The molecule has 0 radical (unpaired) electrons. The summed E-state index contributed by atoms with van der Waals surface area (Å²) in [7, 11) is 0. The molecule has 3 nitrogen and oxygen atoms in total. The van der Waals surface area contributed by atoms with E-state index in [9.17, 15) is 5.11 Å². The Bertz CT molecular complexity index is 429. The van der Waals surface area contributed by atoms with Crippen molar-refractivity contribution in [1.82, 2.24) is 9.38 Å². The van der Waals surface area contributed by atoms with Crippen molar-refractivity contribution in [2.24, 2.45) is 5.92 Å². The molecule has 0 saturated carbocycles. The lowest BCUT2D eigenvalue weighted by molar-refractivity contribution is 0.116. The molecule has 86 valence electrons. The van der Waals surface area contributed by atoms with Gasteiger partial charge in [0.2, 0.25) is 0 Å². The van der Waals surface area contributed by atoms with E-state index in [4.69, 9.17) is 0 Å². The van der Waals surface area contributed by atoms with Gasteiger partial charge in [0.05, 0.1) is 11.8 Å². The maximum absolute atomic E-state index is 9.73. The monoisotopic (exact) mass is 218 g/mol. The van der Waals surface area contributed by atoms with Crippen LogP contribution in [0.15, 0.2) is 30.6 Å². The van der Waals surface area contributed by atoms with Gasteiger partial charge in [-0.25, -0.2) is 4.98 Å². The van der Waals surface area contributed by atoms with Gasteiger partial charge < -0.3 is 9.51 Å². The second kappa shape index (κ2) is 4.66. The summed E-state index contributed by atoms with van der Waals surface area (Å²) in [5.74, 6) is 0.317. The van der Waals surface area contributed by atoms with Gasteiger partial charge in [-0.05, 0) is 30.9 Å². The molecule has 0 amide bonds. The van der Waals surface area contributed by atoms with Crippen LogP contribution in [-0.4, -0.2) is 20.6 Å². The minimum atomic E-state index is -0.232. The highest BCUT2D eigenvalue weighted by atomic mass is 16.3. The van der Waals surface area contributed by atoms with Crippen LogP contribution in [0.25, 0.3) is 5.65 Å². The molecule has 0 fully saturated rings. The lowest BCUT2D eigenvalue weighted by Gasteiger charge is -2.12. The molecule has 3 heteroatoms. The molecule has 1 atom stereocenters. The molecular formula is C13H18N2O. The van der Waals surface area contributed by atoms with Crippen molar-refractivity contribution in [1.29, 1.82) is 0 Å². The lowest BCUT2D eigenvalue weighted by Crippen LogP contribution is -2.15. The van der Waals surface area contributed by atoms with Crippen LogP contribution in [-0.2, 0) is 6.42 Å². The SMILES string of the molecule is CC(C)C(O)CCc1cn2ccccc2n1. The summed E-state index contributed by atoms with van der Waals surface area (Å²) in [6.07, 6.45) is 5.40. The van der Waals surface area contributed by atoms with Crippen molar-refractivity contribution in [3.63, 3.8) is 0 Å². The first kappa shape index (κ1) is 11.1. The van der Waals surface area contributed by atoms with E-state index < -0.39 is 0 Å². The van der Waals surface area contributed by atoms with E-state index in [0.29, 0.717) is 5.92 Å². The fourth-order valence-electron chi connectivity index (χ4n) is 1.74. The number of aryl methyl sites for hydroxylation is 1. The van der Waals surface area contributed by atoms with Crippen molar-refractivity contribution in [3.05, 3.63) is 36.3 Å². The number of hydrogen-bond acceptors (Lipinski definition) is 2. The second-order valence-corrected chi connectivity index (χ2v) is 4.55. The Kier molecular flexibility index (Phi) is 3.25. The zero-order valence-electron chi connectivity index (χ0n) is 9.80. The van der Waals surface area contributed by atoms with Crippen molar-refractivity contribution < 1.29 is 5.11 Å². The Balaban J connectivity index is 2.05. The minimum Gasteiger partial charge on any atom is -0.393 e. The Morgan fingerprint density at radius 2 is 2.19 bits per heavy atom. The summed E-state index contributed by atoms with van der Waals surface area (Å²) in [6.45, 7) is 4.07. The molecular weight excluding hydrogens is 200 g/mol. The molecule has 1 unspecified atom stereocenters. The summed E-state index contributed by atoms with van der Waals surface area (Å²) in [5.41, 5.74) is 2.02. The van der Waals surface area contributed by atoms with Crippen LogP contribution < -0.4 is 0 Å². The van der Waals surface area contributed by atoms with E-state index in [2.05, 4.69) is 4.98 Å². The molecule has 0 aromatic carbocycles. The van der Waals surface area contributed by atoms with Gasteiger partial charge in [0.1, 0.15) is 5.65 Å². The van der Waals surface area contributed by atoms with E-state index in [0.717, 1.165) is 24.2 Å². The highest BCUT2D eigenvalue weighted by molar-refractivity contribution is 5.39. The molecule has 2 heterocycles. The molecule has 0 bridgehead atoms. The standard InChI is InChI=1S/C13H18N2O/c1-10(2)12(16)7-6-11-9-15-8-4-3-5-13(15)14-11/h3-5,8-10,12,16H,6-7H2,1-2H3. The molecule has 1 N–H and O–H groups in total. The smallest absolute Gasteiger partial charge is 0.136 e. The number of aliphatic hydroxyl groups is 1. The van der Waals surface area contributed by atoms with Gasteiger partial charge in [0.15, 0.2) is 0 Å². The summed E-state index contributed by atoms with van der Waals surface area (Å²) >= 11 is 0. The first-order chi connectivity index (χ1) is 7.66. The fraction of sp³-hybridized carbons (Fsp3) is 0.462. The topological polar surface area (TPSA) is 37.5 Å². The van der Waals surface area contributed by atoms with E-state index in [1.807, 2.05) is 48.8 Å². The fourth-order valence-corrected chi connectivity index (χ4v) is 1.74. The Hall–Kier alpha value is -1.35. The van der Waals surface area contributed by atoms with Crippen molar-refractivity contribution in [3.8, 4) is 0 Å². The number of hydrogen-bond donors (Lipinski definition) is 1.